The van der Waals surface area contributed by atoms with E-state index < -0.39 is 0 Å². The monoisotopic (exact) mass is 336 g/mol. The average molecular weight is 337 g/mol. The molecule has 2 aromatic carbocycles. The van der Waals surface area contributed by atoms with E-state index in [1.165, 1.54) is 19.1 Å². The lowest BCUT2D eigenvalue weighted by Gasteiger charge is -2.09. The lowest BCUT2D eigenvalue weighted by atomic mass is 10.1. The zero-order valence-electron chi connectivity index (χ0n) is 10.8. The van der Waals surface area contributed by atoms with E-state index in [2.05, 4.69) is 15.9 Å². The Hall–Kier alpha value is -2.01. The van der Waals surface area contributed by atoms with Crippen LogP contribution in [0.15, 0.2) is 40.9 Å². The van der Waals surface area contributed by atoms with Gasteiger partial charge in [0.25, 0.3) is 0 Å². The minimum Gasteiger partial charge on any atom is -0.508 e. The molecule has 0 aliphatic carbocycles. The lowest BCUT2D eigenvalue weighted by molar-refractivity contribution is 0.0918. The van der Waals surface area contributed by atoms with Gasteiger partial charge in [-0.1, -0.05) is 15.9 Å². The van der Waals surface area contributed by atoms with Crippen LogP contribution in [0.1, 0.15) is 15.9 Å². The number of benzene rings is 2. The van der Waals surface area contributed by atoms with E-state index in [0.717, 1.165) is 4.47 Å². The third-order valence-electron chi connectivity index (χ3n) is 2.89. The van der Waals surface area contributed by atoms with Crippen LogP contribution in [0, 0.1) is 6.92 Å². The normalized spacial score (nSPS) is 10.3. The summed E-state index contributed by atoms with van der Waals surface area (Å²) in [5, 5.41) is 19.3. The molecular formula is C15H13BrO4. The molecule has 0 radical (unpaired) electrons. The highest BCUT2D eigenvalue weighted by Gasteiger charge is 2.15. The van der Waals surface area contributed by atoms with E-state index in [-0.39, 0.29) is 35.0 Å². The predicted octanol–water partition coefficient (Wildman–Crippen LogP) is 3.43. The van der Waals surface area contributed by atoms with Gasteiger partial charge in [0.1, 0.15) is 17.2 Å². The number of hydrogen-bond acceptors (Lipinski definition) is 4. The standard InChI is InChI=1S/C15H13BrO4/c1-9-13(17)7-6-12(15(9)19)14(18)8-20-11-4-2-10(16)3-5-11/h2-7,17,19H,8H2,1H3. The Labute approximate surface area is 124 Å². The molecule has 2 aromatic rings. The molecule has 0 atom stereocenters. The lowest BCUT2D eigenvalue weighted by Crippen LogP contribution is -2.12. The van der Waals surface area contributed by atoms with Gasteiger partial charge in [0, 0.05) is 10.0 Å². The minimum atomic E-state index is -0.353. The first kappa shape index (κ1) is 14.4. The van der Waals surface area contributed by atoms with Crippen molar-refractivity contribution in [2.75, 3.05) is 6.61 Å². The zero-order chi connectivity index (χ0) is 14.7. The Morgan fingerprint density at radius 1 is 1.15 bits per heavy atom. The van der Waals surface area contributed by atoms with Crippen LogP contribution >= 0.6 is 15.9 Å². The summed E-state index contributed by atoms with van der Waals surface area (Å²) in [6.07, 6.45) is 0. The van der Waals surface area contributed by atoms with Gasteiger partial charge in [-0.25, -0.2) is 0 Å². The zero-order valence-corrected chi connectivity index (χ0v) is 12.3. The minimum absolute atomic E-state index is 0.0483. The Bertz CT molecular complexity index is 635. The average Bonchev–Trinajstić information content (AvgIpc) is 2.44. The van der Waals surface area contributed by atoms with Gasteiger partial charge in [-0.2, -0.15) is 0 Å². The summed E-state index contributed by atoms with van der Waals surface area (Å²) in [4.78, 5) is 12.0. The number of Topliss-reactive ketones (excluding diaryl/α,β-unsaturated/α-hetero) is 1. The highest BCUT2D eigenvalue weighted by molar-refractivity contribution is 9.10. The maximum Gasteiger partial charge on any atom is 0.203 e. The molecule has 0 unspecified atom stereocenters. The molecule has 2 rings (SSSR count). The number of ether oxygens (including phenoxy) is 1. The molecule has 104 valence electrons. The number of carbonyl (C=O) groups is 1. The molecule has 20 heavy (non-hydrogen) atoms. The molecule has 5 heteroatoms. The van der Waals surface area contributed by atoms with Crippen LogP contribution in [0.4, 0.5) is 0 Å². The van der Waals surface area contributed by atoms with E-state index in [4.69, 9.17) is 4.74 Å². The molecule has 0 fully saturated rings. The van der Waals surface area contributed by atoms with Gasteiger partial charge in [0.05, 0.1) is 5.56 Å². The van der Waals surface area contributed by atoms with Crippen molar-refractivity contribution in [2.45, 2.75) is 6.92 Å². The van der Waals surface area contributed by atoms with Gasteiger partial charge >= 0.3 is 0 Å². The number of rotatable bonds is 4. The third kappa shape index (κ3) is 3.11. The highest BCUT2D eigenvalue weighted by Crippen LogP contribution is 2.29. The molecule has 4 nitrogen and oxygen atoms in total. The molecule has 0 aliphatic rings. The first-order valence-corrected chi connectivity index (χ1v) is 6.71. The van der Waals surface area contributed by atoms with Crippen LogP contribution in [-0.2, 0) is 0 Å². The van der Waals surface area contributed by atoms with Crippen molar-refractivity contribution in [1.82, 2.24) is 0 Å². The van der Waals surface area contributed by atoms with E-state index in [1.54, 1.807) is 12.1 Å². The SMILES string of the molecule is Cc1c(O)ccc(C(=O)COc2ccc(Br)cc2)c1O. The third-order valence-corrected chi connectivity index (χ3v) is 3.42. The van der Waals surface area contributed by atoms with Crippen molar-refractivity contribution >= 4 is 21.7 Å². The molecule has 0 amide bonds. The van der Waals surface area contributed by atoms with Crippen molar-refractivity contribution in [2.24, 2.45) is 0 Å². The van der Waals surface area contributed by atoms with Crippen LogP contribution in [0.2, 0.25) is 0 Å². The predicted molar refractivity (Wildman–Crippen MR) is 78.5 cm³/mol. The van der Waals surface area contributed by atoms with Crippen molar-refractivity contribution in [3.8, 4) is 17.2 Å². The number of carbonyl (C=O) groups excluding carboxylic acids is 1. The summed E-state index contributed by atoms with van der Waals surface area (Å²) in [6.45, 7) is 1.36. The number of ketones is 1. The number of halogens is 1. The van der Waals surface area contributed by atoms with Crippen LogP contribution in [0.3, 0.4) is 0 Å². The highest BCUT2D eigenvalue weighted by atomic mass is 79.9. The molecule has 0 saturated carbocycles. The van der Waals surface area contributed by atoms with Crippen molar-refractivity contribution in [1.29, 1.82) is 0 Å². The molecule has 0 aliphatic heterocycles. The van der Waals surface area contributed by atoms with E-state index in [0.29, 0.717) is 5.75 Å². The summed E-state index contributed by atoms with van der Waals surface area (Å²) < 4.78 is 6.28. The maximum absolute atomic E-state index is 12.0. The van der Waals surface area contributed by atoms with Gasteiger partial charge in [-0.05, 0) is 43.3 Å². The summed E-state index contributed by atoms with van der Waals surface area (Å²) in [5.41, 5.74) is 0.414. The topological polar surface area (TPSA) is 66.8 Å². The Morgan fingerprint density at radius 2 is 1.80 bits per heavy atom. The maximum atomic E-state index is 12.0. The molecule has 0 spiro atoms. The molecular weight excluding hydrogens is 324 g/mol. The van der Waals surface area contributed by atoms with Gasteiger partial charge in [-0.3, -0.25) is 4.79 Å². The molecule has 0 heterocycles. The summed E-state index contributed by atoms with van der Waals surface area (Å²) >= 11 is 3.31. The largest absolute Gasteiger partial charge is 0.508 e. The fourth-order valence-corrected chi connectivity index (χ4v) is 1.94. The van der Waals surface area contributed by atoms with E-state index in [1.807, 2.05) is 12.1 Å². The summed E-state index contributed by atoms with van der Waals surface area (Å²) in [6, 6.07) is 9.84. The molecule has 0 aromatic heterocycles. The summed E-state index contributed by atoms with van der Waals surface area (Å²) in [7, 11) is 0. The second kappa shape index (κ2) is 5.96. The smallest absolute Gasteiger partial charge is 0.203 e. The Morgan fingerprint density at radius 3 is 2.45 bits per heavy atom. The first-order chi connectivity index (χ1) is 9.49. The number of phenols is 2. The number of hydrogen-bond donors (Lipinski definition) is 2. The van der Waals surface area contributed by atoms with Gasteiger partial charge in [0.15, 0.2) is 6.61 Å². The quantitative estimate of drug-likeness (QED) is 0.839. The number of aromatic hydroxyl groups is 2. The van der Waals surface area contributed by atoms with Crippen molar-refractivity contribution < 1.29 is 19.7 Å². The van der Waals surface area contributed by atoms with Gasteiger partial charge in [-0.15, -0.1) is 0 Å². The fourth-order valence-electron chi connectivity index (χ4n) is 1.67. The van der Waals surface area contributed by atoms with Crippen molar-refractivity contribution in [3.63, 3.8) is 0 Å². The van der Waals surface area contributed by atoms with Crippen molar-refractivity contribution in [3.05, 3.63) is 52.0 Å². The first-order valence-electron chi connectivity index (χ1n) is 5.92. The van der Waals surface area contributed by atoms with Crippen LogP contribution < -0.4 is 4.74 Å². The number of phenolic OH excluding ortho intramolecular Hbond substituents is 2. The molecule has 0 bridgehead atoms. The van der Waals surface area contributed by atoms with Crippen LogP contribution in [0.25, 0.3) is 0 Å². The van der Waals surface area contributed by atoms with Gasteiger partial charge in [0.2, 0.25) is 5.78 Å². The van der Waals surface area contributed by atoms with Gasteiger partial charge < -0.3 is 14.9 Å². The fraction of sp³-hybridized carbons (Fsp3) is 0.133. The second-order valence-electron chi connectivity index (χ2n) is 4.27. The molecule has 0 saturated heterocycles. The Balaban J connectivity index is 2.09. The van der Waals surface area contributed by atoms with E-state index >= 15 is 0 Å². The summed E-state index contributed by atoms with van der Waals surface area (Å²) in [5.74, 6) is -0.0488. The molecule has 2 N–H and O–H groups in total. The van der Waals surface area contributed by atoms with E-state index in [9.17, 15) is 15.0 Å². The Kier molecular flexibility index (Phi) is 4.29. The second-order valence-corrected chi connectivity index (χ2v) is 5.19. The van der Waals surface area contributed by atoms with Crippen LogP contribution in [-0.4, -0.2) is 22.6 Å². The van der Waals surface area contributed by atoms with Crippen LogP contribution in [0.5, 0.6) is 17.2 Å².